The quantitative estimate of drug-likeness (QED) is 0.774. The van der Waals surface area contributed by atoms with Crippen LogP contribution in [0, 0.1) is 17.2 Å². The monoisotopic (exact) mass is 339 g/mol. The van der Waals surface area contributed by atoms with Crippen molar-refractivity contribution in [2.24, 2.45) is 5.92 Å². The summed E-state index contributed by atoms with van der Waals surface area (Å²) in [6, 6.07) is 2.22. The van der Waals surface area contributed by atoms with E-state index in [4.69, 9.17) is 0 Å². The molecule has 1 atom stereocenters. The molecule has 0 radical (unpaired) electrons. The second kappa shape index (κ2) is 6.42. The molecule has 0 saturated heterocycles. The van der Waals surface area contributed by atoms with Gasteiger partial charge in [-0.05, 0) is 46.5 Å². The molecule has 1 heterocycles. The minimum atomic E-state index is -0.738. The van der Waals surface area contributed by atoms with Gasteiger partial charge < -0.3 is 10.6 Å². The van der Waals surface area contributed by atoms with Crippen LogP contribution in [0.1, 0.15) is 40.5 Å². The van der Waals surface area contributed by atoms with Gasteiger partial charge in [-0.25, -0.2) is 0 Å². The normalized spacial score (nSPS) is 17.4. The number of nitrogens with one attached hydrogen (secondary N) is 2. The summed E-state index contributed by atoms with van der Waals surface area (Å²) in [5.74, 6) is 0.394. The number of aromatic nitrogens is 2. The molecule has 0 aliphatic heterocycles. The van der Waals surface area contributed by atoms with Crippen LogP contribution in [0.5, 0.6) is 0 Å². The fourth-order valence-electron chi connectivity index (χ4n) is 1.97. The number of carbonyl (C=O) groups excluding carboxylic acids is 1. The first-order chi connectivity index (χ1) is 10.2. The van der Waals surface area contributed by atoms with Gasteiger partial charge >= 0.3 is 0 Å². The molecule has 0 spiro atoms. The standard InChI is InChI=1S/C14H21N5OS2/c1-13(2,3)17-11-18-19-12(22-11)21-7-10(20)16-14(4,8-15)9-5-6-9/h9H,5-7H2,1-4H3,(H,16,20)(H,17,18). The van der Waals surface area contributed by atoms with Crippen molar-refractivity contribution < 1.29 is 4.79 Å². The molecule has 0 bridgehead atoms. The first-order valence-corrected chi connectivity index (χ1v) is 8.99. The Hall–Kier alpha value is -1.33. The summed E-state index contributed by atoms with van der Waals surface area (Å²) < 4.78 is 0.743. The Morgan fingerprint density at radius 2 is 2.09 bits per heavy atom. The van der Waals surface area contributed by atoms with Crippen molar-refractivity contribution in [2.45, 2.75) is 56.0 Å². The van der Waals surface area contributed by atoms with Gasteiger partial charge in [-0.2, -0.15) is 5.26 Å². The highest BCUT2D eigenvalue weighted by atomic mass is 32.2. The van der Waals surface area contributed by atoms with Crippen LogP contribution >= 0.6 is 23.1 Å². The summed E-state index contributed by atoms with van der Waals surface area (Å²) in [4.78, 5) is 12.0. The first kappa shape index (κ1) is 17.0. The van der Waals surface area contributed by atoms with Crippen LogP contribution in [-0.2, 0) is 4.79 Å². The van der Waals surface area contributed by atoms with E-state index in [0.29, 0.717) is 0 Å². The van der Waals surface area contributed by atoms with Crippen molar-refractivity contribution in [3.8, 4) is 6.07 Å². The molecule has 1 unspecified atom stereocenters. The van der Waals surface area contributed by atoms with Crippen LogP contribution in [-0.4, -0.2) is 32.9 Å². The van der Waals surface area contributed by atoms with Crippen molar-refractivity contribution in [1.82, 2.24) is 15.5 Å². The molecule has 1 fully saturated rings. The van der Waals surface area contributed by atoms with Gasteiger partial charge in [0.2, 0.25) is 11.0 Å². The molecule has 120 valence electrons. The highest BCUT2D eigenvalue weighted by Crippen LogP contribution is 2.39. The molecule has 2 rings (SSSR count). The summed E-state index contributed by atoms with van der Waals surface area (Å²) in [6.45, 7) is 7.95. The van der Waals surface area contributed by atoms with E-state index in [-0.39, 0.29) is 23.1 Å². The third-order valence-electron chi connectivity index (χ3n) is 3.24. The van der Waals surface area contributed by atoms with Crippen LogP contribution in [0.25, 0.3) is 0 Å². The van der Waals surface area contributed by atoms with Gasteiger partial charge in [0.25, 0.3) is 0 Å². The molecular formula is C14H21N5OS2. The van der Waals surface area contributed by atoms with Crippen molar-refractivity contribution in [2.75, 3.05) is 11.1 Å². The zero-order valence-electron chi connectivity index (χ0n) is 13.3. The van der Waals surface area contributed by atoms with E-state index in [2.05, 4.69) is 47.7 Å². The fraction of sp³-hybridized carbons (Fsp3) is 0.714. The average molecular weight is 339 g/mol. The molecule has 6 nitrogen and oxygen atoms in total. The lowest BCUT2D eigenvalue weighted by Gasteiger charge is -2.22. The smallest absolute Gasteiger partial charge is 0.231 e. The van der Waals surface area contributed by atoms with Crippen molar-refractivity contribution in [3.63, 3.8) is 0 Å². The maximum Gasteiger partial charge on any atom is 0.231 e. The van der Waals surface area contributed by atoms with Crippen molar-refractivity contribution in [3.05, 3.63) is 0 Å². The Labute approximate surface area is 139 Å². The molecule has 2 N–H and O–H groups in total. The van der Waals surface area contributed by atoms with Crippen LogP contribution in [0.4, 0.5) is 5.13 Å². The van der Waals surface area contributed by atoms with Gasteiger partial charge in [-0.3, -0.25) is 4.79 Å². The minimum absolute atomic E-state index is 0.0717. The topological polar surface area (TPSA) is 90.7 Å². The van der Waals surface area contributed by atoms with E-state index < -0.39 is 5.54 Å². The molecular weight excluding hydrogens is 318 g/mol. The molecule has 1 aliphatic carbocycles. The molecule has 8 heteroatoms. The van der Waals surface area contributed by atoms with Gasteiger partial charge in [-0.1, -0.05) is 23.1 Å². The number of hydrogen-bond acceptors (Lipinski definition) is 7. The van der Waals surface area contributed by atoms with Gasteiger partial charge in [0.1, 0.15) is 5.54 Å². The summed E-state index contributed by atoms with van der Waals surface area (Å²) in [5.41, 5.74) is -0.810. The number of hydrogen-bond donors (Lipinski definition) is 2. The number of nitriles is 1. The third kappa shape index (κ3) is 4.85. The molecule has 1 amide bonds. The highest BCUT2D eigenvalue weighted by molar-refractivity contribution is 8.01. The van der Waals surface area contributed by atoms with E-state index in [1.165, 1.54) is 23.1 Å². The second-order valence-corrected chi connectivity index (χ2v) is 8.87. The summed E-state index contributed by atoms with van der Waals surface area (Å²) in [7, 11) is 0. The molecule has 1 saturated carbocycles. The van der Waals surface area contributed by atoms with Gasteiger partial charge in [0.15, 0.2) is 4.34 Å². The predicted molar refractivity (Wildman–Crippen MR) is 88.9 cm³/mol. The molecule has 0 aromatic carbocycles. The maximum atomic E-state index is 12.0. The predicted octanol–water partition coefficient (Wildman–Crippen LogP) is 2.65. The van der Waals surface area contributed by atoms with Crippen LogP contribution in [0.15, 0.2) is 4.34 Å². The first-order valence-electron chi connectivity index (χ1n) is 7.18. The molecule has 1 aromatic rings. The van der Waals surface area contributed by atoms with E-state index >= 15 is 0 Å². The van der Waals surface area contributed by atoms with Crippen molar-refractivity contribution >= 4 is 34.1 Å². The number of carbonyl (C=O) groups is 1. The largest absolute Gasteiger partial charge is 0.355 e. The van der Waals surface area contributed by atoms with Crippen LogP contribution in [0.2, 0.25) is 0 Å². The number of nitrogens with zero attached hydrogens (tertiary/aromatic N) is 3. The highest BCUT2D eigenvalue weighted by Gasteiger charge is 2.42. The molecule has 1 aliphatic rings. The van der Waals surface area contributed by atoms with Crippen LogP contribution in [0.3, 0.4) is 0 Å². The average Bonchev–Trinajstić information content (AvgIpc) is 3.18. The van der Waals surface area contributed by atoms with E-state index in [1.54, 1.807) is 6.92 Å². The Kier molecular flexibility index (Phi) is 4.97. The summed E-state index contributed by atoms with van der Waals surface area (Å²) in [6.07, 6.45) is 2.02. The Morgan fingerprint density at radius 3 is 2.64 bits per heavy atom. The molecule has 1 aromatic heterocycles. The lowest BCUT2D eigenvalue weighted by Crippen LogP contribution is -2.47. The maximum absolute atomic E-state index is 12.0. The minimum Gasteiger partial charge on any atom is -0.355 e. The van der Waals surface area contributed by atoms with Gasteiger partial charge in [-0.15, -0.1) is 10.2 Å². The number of thioether (sulfide) groups is 1. The summed E-state index contributed by atoms with van der Waals surface area (Å²) in [5, 5.41) is 24.2. The van der Waals surface area contributed by atoms with E-state index in [0.717, 1.165) is 22.3 Å². The second-order valence-electron chi connectivity index (χ2n) is 6.67. The fourth-order valence-corrected chi connectivity index (χ4v) is 3.73. The third-order valence-corrected chi connectivity index (χ3v) is 5.21. The zero-order valence-corrected chi connectivity index (χ0v) is 14.9. The van der Waals surface area contributed by atoms with E-state index in [1.807, 2.05) is 0 Å². The van der Waals surface area contributed by atoms with Crippen LogP contribution < -0.4 is 10.6 Å². The number of rotatable bonds is 6. The van der Waals surface area contributed by atoms with E-state index in [9.17, 15) is 10.1 Å². The lowest BCUT2D eigenvalue weighted by molar-refractivity contribution is -0.119. The zero-order chi connectivity index (χ0) is 16.4. The Bertz CT molecular complexity index is 585. The Morgan fingerprint density at radius 1 is 1.41 bits per heavy atom. The van der Waals surface area contributed by atoms with Gasteiger partial charge in [0, 0.05) is 5.54 Å². The number of anilines is 1. The SMILES string of the molecule is CC(C)(C)Nc1nnc(SCC(=O)NC(C)(C#N)C2CC2)s1. The van der Waals surface area contributed by atoms with Gasteiger partial charge in [0.05, 0.1) is 11.8 Å². The number of amides is 1. The lowest BCUT2D eigenvalue weighted by atomic mass is 9.98. The van der Waals surface area contributed by atoms with Crippen molar-refractivity contribution in [1.29, 1.82) is 5.26 Å². The summed E-state index contributed by atoms with van der Waals surface area (Å²) >= 11 is 2.77. The molecule has 22 heavy (non-hydrogen) atoms. The Balaban J connectivity index is 1.83.